The van der Waals surface area contributed by atoms with Crippen LogP contribution in [0.1, 0.15) is 77.3 Å². The Labute approximate surface area is 375 Å². The van der Waals surface area contributed by atoms with Crippen LogP contribution in [-0.4, -0.2) is 133 Å². The zero-order chi connectivity index (χ0) is 45.6. The fourth-order valence-corrected chi connectivity index (χ4v) is 10.5. The molecule has 0 saturated carbocycles. The summed E-state index contributed by atoms with van der Waals surface area (Å²) in [7, 11) is 0. The van der Waals surface area contributed by atoms with Crippen LogP contribution < -0.4 is 25.3 Å². The Morgan fingerprint density at radius 3 is 2.14 bits per heavy atom. The van der Waals surface area contributed by atoms with Gasteiger partial charge in [0, 0.05) is 108 Å². The van der Waals surface area contributed by atoms with Gasteiger partial charge >= 0.3 is 6.18 Å². The number of carbonyl (C=O) groups is 5. The molecule has 2 N–H and O–H groups in total. The summed E-state index contributed by atoms with van der Waals surface area (Å²) in [4.78, 5) is 80.8. The van der Waals surface area contributed by atoms with Gasteiger partial charge in [0.25, 0.3) is 11.8 Å². The van der Waals surface area contributed by atoms with Gasteiger partial charge in [-0.15, -0.1) is 0 Å². The minimum absolute atomic E-state index is 0.0866. The first-order valence-electron chi connectivity index (χ1n) is 22.7. The first kappa shape index (κ1) is 44.2. The summed E-state index contributed by atoms with van der Waals surface area (Å²) in [5.74, 6) is -0.857. The van der Waals surface area contributed by atoms with E-state index in [4.69, 9.17) is 5.26 Å². The fraction of sp³-hybridized carbons (Fsp3) is 0.511. The van der Waals surface area contributed by atoms with Crippen LogP contribution in [0.5, 0.6) is 0 Å². The van der Waals surface area contributed by atoms with Crippen molar-refractivity contribution in [1.82, 2.24) is 25.0 Å². The Kier molecular flexibility index (Phi) is 12.3. The van der Waals surface area contributed by atoms with E-state index in [1.165, 1.54) is 12.1 Å². The number of pyridine rings is 1. The highest BCUT2D eigenvalue weighted by atomic mass is 19.4. The number of anilines is 4. The number of carbonyl (C=O) groups excluding carboxylic acids is 5. The second-order valence-electron chi connectivity index (χ2n) is 18.5. The Morgan fingerprint density at radius 2 is 1.46 bits per heavy atom. The van der Waals surface area contributed by atoms with Gasteiger partial charge in [0.05, 0.1) is 40.2 Å². The average Bonchev–Trinajstić information content (AvgIpc) is 3.53. The Hall–Kier alpha value is -6.06. The predicted octanol–water partition coefficient (Wildman–Crippen LogP) is 4.59. The number of piperidine rings is 3. The molecule has 1 unspecified atom stereocenters. The molecule has 5 saturated heterocycles. The van der Waals surface area contributed by atoms with Crippen molar-refractivity contribution < 1.29 is 37.1 Å². The van der Waals surface area contributed by atoms with Gasteiger partial charge in [0.15, 0.2) is 0 Å². The number of rotatable bonds is 10. The van der Waals surface area contributed by atoms with Crippen molar-refractivity contribution in [3.05, 3.63) is 77.0 Å². The molecule has 65 heavy (non-hydrogen) atoms. The van der Waals surface area contributed by atoms with Crippen molar-refractivity contribution in [2.45, 2.75) is 63.7 Å². The molecule has 18 heteroatoms. The topological polar surface area (TPSA) is 166 Å². The van der Waals surface area contributed by atoms with Gasteiger partial charge in [-0.1, -0.05) is 0 Å². The third-order valence-electron chi connectivity index (χ3n) is 14.2. The second-order valence-corrected chi connectivity index (χ2v) is 18.5. The van der Waals surface area contributed by atoms with Crippen molar-refractivity contribution in [2.75, 3.05) is 92.0 Å². The second kappa shape index (κ2) is 18.1. The number of nitrogens with one attached hydrogen (secondary N) is 2. The lowest BCUT2D eigenvalue weighted by atomic mass is 9.94. The summed E-state index contributed by atoms with van der Waals surface area (Å²) < 4.78 is 40.5. The van der Waals surface area contributed by atoms with Crippen molar-refractivity contribution in [1.29, 1.82) is 5.26 Å². The molecule has 2 aromatic carbocycles. The van der Waals surface area contributed by atoms with Crippen LogP contribution in [-0.2, 0) is 20.6 Å². The first-order valence-corrected chi connectivity index (χ1v) is 22.7. The molecule has 1 aromatic heterocycles. The number of fused-ring (bicyclic) bond motifs is 1. The minimum atomic E-state index is -4.62. The van der Waals surface area contributed by atoms with E-state index >= 15 is 0 Å². The van der Waals surface area contributed by atoms with Crippen molar-refractivity contribution in [3.8, 4) is 6.07 Å². The number of nitrogens with zero attached hydrogens (tertiary/aromatic N) is 8. The van der Waals surface area contributed by atoms with E-state index in [2.05, 4.69) is 42.1 Å². The Bertz CT molecular complexity index is 2390. The third-order valence-corrected chi connectivity index (χ3v) is 14.2. The first-order chi connectivity index (χ1) is 31.2. The normalized spacial score (nSPS) is 23.1. The quantitative estimate of drug-likeness (QED) is 0.273. The molecule has 0 radical (unpaired) electrons. The maximum Gasteiger partial charge on any atom is 0.417 e. The molecule has 0 aliphatic carbocycles. The maximum absolute atomic E-state index is 13.5. The fourth-order valence-electron chi connectivity index (χ4n) is 10.5. The van der Waals surface area contributed by atoms with Crippen LogP contribution in [0.4, 0.5) is 36.1 Å². The van der Waals surface area contributed by atoms with Crippen LogP contribution in [0.25, 0.3) is 0 Å². The SMILES string of the molecule is C[C@@H]1CN(CC2CCN(c3ccc(NC(=O)C4CCN(c5ccc(C#N)c(C(F)(F)F)c5)CC4)nc3)CC2)CCN1CC1CN(c2ccc3c(c2)C(=O)N(C2CCC(=O)NC2=O)C3=O)C1. The summed E-state index contributed by atoms with van der Waals surface area (Å²) in [6, 6.07) is 13.9. The minimum Gasteiger partial charge on any atom is -0.371 e. The molecule has 15 nitrogen and oxygen atoms in total. The van der Waals surface area contributed by atoms with E-state index in [1.807, 2.05) is 23.1 Å². The lowest BCUT2D eigenvalue weighted by Crippen LogP contribution is -2.58. The molecule has 6 aliphatic rings. The van der Waals surface area contributed by atoms with Crippen molar-refractivity contribution in [3.63, 3.8) is 0 Å². The lowest BCUT2D eigenvalue weighted by molar-refractivity contribution is -0.138. The van der Waals surface area contributed by atoms with Crippen LogP contribution in [0, 0.1) is 29.1 Å². The number of hydrogen-bond donors (Lipinski definition) is 2. The van der Waals surface area contributed by atoms with Crippen LogP contribution in [0.3, 0.4) is 0 Å². The van der Waals surface area contributed by atoms with E-state index in [0.717, 1.165) is 94.1 Å². The van der Waals surface area contributed by atoms with Gasteiger partial charge in [-0.25, -0.2) is 4.98 Å². The zero-order valence-corrected chi connectivity index (χ0v) is 36.4. The van der Waals surface area contributed by atoms with Gasteiger partial charge in [-0.3, -0.25) is 39.1 Å². The van der Waals surface area contributed by atoms with Gasteiger partial charge in [0.1, 0.15) is 11.9 Å². The number of halogens is 3. The number of benzene rings is 2. The summed E-state index contributed by atoms with van der Waals surface area (Å²) >= 11 is 0. The highest BCUT2D eigenvalue weighted by molar-refractivity contribution is 6.23. The molecule has 9 rings (SSSR count). The number of alkyl halides is 3. The van der Waals surface area contributed by atoms with Crippen molar-refractivity contribution >= 4 is 52.4 Å². The third kappa shape index (κ3) is 9.26. The molecule has 2 atom stereocenters. The number of nitriles is 1. The molecular formula is C47H53F3N10O5. The summed E-state index contributed by atoms with van der Waals surface area (Å²) in [5, 5.41) is 14.3. The van der Waals surface area contributed by atoms with E-state index < -0.39 is 47.0 Å². The zero-order valence-electron chi connectivity index (χ0n) is 36.4. The largest absolute Gasteiger partial charge is 0.417 e. The van der Waals surface area contributed by atoms with Gasteiger partial charge in [-0.05, 0) is 93.5 Å². The smallest absolute Gasteiger partial charge is 0.371 e. The van der Waals surface area contributed by atoms with Crippen LogP contribution in [0.15, 0.2) is 54.7 Å². The number of amides is 5. The summed E-state index contributed by atoms with van der Waals surface area (Å²) in [6.45, 7) is 11.9. The summed E-state index contributed by atoms with van der Waals surface area (Å²) in [5.41, 5.74) is 1.54. The van der Waals surface area contributed by atoms with Gasteiger partial charge in [-0.2, -0.15) is 18.4 Å². The number of aromatic nitrogens is 1. The molecule has 3 aromatic rings. The van der Waals surface area contributed by atoms with E-state index in [1.54, 1.807) is 24.4 Å². The van der Waals surface area contributed by atoms with E-state index in [9.17, 15) is 37.1 Å². The molecule has 5 fully saturated rings. The standard InChI is InChI=1S/C47H53F3N10O5/c1-29-24-55(18-19-58(29)26-31-27-59(28-31)34-4-6-37-38(20-34)46(65)60(45(37)64)40-7-9-42(61)54-44(40)63)25-30-10-14-57(15-11-30)36-5-8-41(52-23-36)53-43(62)32-12-16-56(17-13-32)35-3-2-33(22-51)39(21-35)47(48,49)50/h2-6,8,20-21,23,29-32,40H,7,9-19,24-28H2,1H3,(H,52,53,62)(H,54,61,63)/t29-,40?/m1/s1. The van der Waals surface area contributed by atoms with E-state index in [-0.39, 0.29) is 24.7 Å². The molecule has 342 valence electrons. The van der Waals surface area contributed by atoms with Crippen molar-refractivity contribution in [2.24, 2.45) is 17.8 Å². The molecule has 7 heterocycles. The Balaban J connectivity index is 0.674. The highest BCUT2D eigenvalue weighted by Gasteiger charge is 2.45. The lowest BCUT2D eigenvalue weighted by Gasteiger charge is -2.47. The predicted molar refractivity (Wildman–Crippen MR) is 235 cm³/mol. The van der Waals surface area contributed by atoms with E-state index in [0.29, 0.717) is 66.4 Å². The maximum atomic E-state index is 13.5. The summed E-state index contributed by atoms with van der Waals surface area (Å²) in [6.07, 6.45) is 0.541. The highest BCUT2D eigenvalue weighted by Crippen LogP contribution is 2.37. The molecule has 5 amide bonds. The van der Waals surface area contributed by atoms with Gasteiger partial charge < -0.3 is 24.9 Å². The number of imide groups is 2. The molecule has 6 aliphatic heterocycles. The number of hydrogen-bond acceptors (Lipinski definition) is 12. The van der Waals surface area contributed by atoms with Crippen LogP contribution in [0.2, 0.25) is 0 Å². The van der Waals surface area contributed by atoms with Gasteiger partial charge in [0.2, 0.25) is 17.7 Å². The molecule has 0 bridgehead atoms. The molecular weight excluding hydrogens is 842 g/mol. The molecule has 0 spiro atoms. The van der Waals surface area contributed by atoms with Crippen LogP contribution >= 0.6 is 0 Å². The monoisotopic (exact) mass is 894 g/mol. The average molecular weight is 895 g/mol. The number of piperazine rings is 1. The Morgan fingerprint density at radius 1 is 0.785 bits per heavy atom.